The van der Waals surface area contributed by atoms with Gasteiger partial charge in [-0.2, -0.15) is 0 Å². The molecule has 3 aromatic carbocycles. The zero-order valence-corrected chi connectivity index (χ0v) is 18.6. The highest BCUT2D eigenvalue weighted by Gasteiger charge is 2.24. The number of carbonyl (C=O) groups excluding carboxylic acids is 1. The molecule has 0 atom stereocenters. The van der Waals surface area contributed by atoms with Crippen molar-refractivity contribution in [3.05, 3.63) is 94.6 Å². The predicted molar refractivity (Wildman–Crippen MR) is 125 cm³/mol. The highest BCUT2D eigenvalue weighted by atomic mass is 35.5. The van der Waals surface area contributed by atoms with Gasteiger partial charge < -0.3 is 9.88 Å². The van der Waals surface area contributed by atoms with Crippen LogP contribution >= 0.6 is 23.2 Å². The monoisotopic (exact) mass is 472 g/mol. The maximum atomic E-state index is 13.1. The number of nitrogens with one attached hydrogen (secondary N) is 1. The number of rotatable bonds is 6. The van der Waals surface area contributed by atoms with E-state index in [1.807, 2.05) is 28.8 Å². The Morgan fingerprint density at radius 1 is 0.871 bits per heavy atom. The molecule has 0 aliphatic heterocycles. The predicted octanol–water partition coefficient (Wildman–Crippen LogP) is 5.41. The van der Waals surface area contributed by atoms with Crippen LogP contribution in [0.25, 0.3) is 10.9 Å². The SMILES string of the molecule is O=C(CS(=O)(=O)c1cn(Cc2ccc(Cl)cc2)c2ccccc12)Nc1ccc(Cl)cc1. The number of hydrogen-bond acceptors (Lipinski definition) is 3. The summed E-state index contributed by atoms with van der Waals surface area (Å²) in [4.78, 5) is 12.5. The molecular weight excluding hydrogens is 455 g/mol. The average Bonchev–Trinajstić information content (AvgIpc) is 3.11. The molecule has 158 valence electrons. The molecule has 4 rings (SSSR count). The largest absolute Gasteiger partial charge is 0.342 e. The molecule has 0 radical (unpaired) electrons. The fourth-order valence-electron chi connectivity index (χ4n) is 3.36. The van der Waals surface area contributed by atoms with Crippen LogP contribution in [0.15, 0.2) is 83.9 Å². The maximum Gasteiger partial charge on any atom is 0.239 e. The fraction of sp³-hybridized carbons (Fsp3) is 0.0870. The van der Waals surface area contributed by atoms with E-state index in [0.29, 0.717) is 27.7 Å². The second kappa shape index (κ2) is 8.75. The van der Waals surface area contributed by atoms with E-state index in [-0.39, 0.29) is 4.90 Å². The summed E-state index contributed by atoms with van der Waals surface area (Å²) in [5.74, 6) is -1.28. The first-order valence-electron chi connectivity index (χ1n) is 9.42. The van der Waals surface area contributed by atoms with Gasteiger partial charge in [-0.1, -0.05) is 53.5 Å². The minimum absolute atomic E-state index is 0.128. The van der Waals surface area contributed by atoms with Crippen LogP contribution in [0.1, 0.15) is 5.56 Å². The van der Waals surface area contributed by atoms with Crippen LogP contribution in [-0.2, 0) is 21.2 Å². The fourth-order valence-corrected chi connectivity index (χ4v) is 4.98. The van der Waals surface area contributed by atoms with E-state index in [1.165, 1.54) is 0 Å². The van der Waals surface area contributed by atoms with Gasteiger partial charge in [-0.25, -0.2) is 8.42 Å². The zero-order valence-electron chi connectivity index (χ0n) is 16.3. The molecule has 4 aromatic rings. The normalized spacial score (nSPS) is 11.5. The van der Waals surface area contributed by atoms with Gasteiger partial charge in [0.25, 0.3) is 0 Å². The molecule has 8 heteroatoms. The van der Waals surface area contributed by atoms with Crippen LogP contribution in [0.2, 0.25) is 10.0 Å². The van der Waals surface area contributed by atoms with Crippen LogP contribution in [0.3, 0.4) is 0 Å². The lowest BCUT2D eigenvalue weighted by Gasteiger charge is -2.06. The molecule has 1 N–H and O–H groups in total. The Kier molecular flexibility index (Phi) is 6.05. The molecule has 31 heavy (non-hydrogen) atoms. The standard InChI is InChI=1S/C23H18Cl2N2O3S/c24-17-7-5-16(6-8-17)13-27-14-22(20-3-1-2-4-21(20)27)31(29,30)15-23(28)26-19-11-9-18(25)10-12-19/h1-12,14H,13,15H2,(H,26,28). The van der Waals surface area contributed by atoms with Gasteiger partial charge in [0, 0.05) is 39.4 Å². The van der Waals surface area contributed by atoms with Gasteiger partial charge in [0.2, 0.25) is 5.91 Å². The third kappa shape index (κ3) is 4.93. The van der Waals surface area contributed by atoms with Gasteiger partial charge in [0.05, 0.1) is 4.90 Å². The second-order valence-electron chi connectivity index (χ2n) is 7.08. The Bertz CT molecular complexity index is 1350. The number of aromatic nitrogens is 1. The molecule has 0 fully saturated rings. The molecule has 1 aromatic heterocycles. The summed E-state index contributed by atoms with van der Waals surface area (Å²) in [7, 11) is -3.87. The minimum atomic E-state index is -3.87. The topological polar surface area (TPSA) is 68.2 Å². The Morgan fingerprint density at radius 2 is 1.48 bits per heavy atom. The molecule has 0 aliphatic rings. The summed E-state index contributed by atoms with van der Waals surface area (Å²) >= 11 is 11.8. The number of sulfone groups is 1. The highest BCUT2D eigenvalue weighted by Crippen LogP contribution is 2.27. The van der Waals surface area contributed by atoms with Crippen molar-refractivity contribution in [3.63, 3.8) is 0 Å². The van der Waals surface area contributed by atoms with Crippen LogP contribution in [0.5, 0.6) is 0 Å². The molecule has 1 amide bonds. The van der Waals surface area contributed by atoms with E-state index >= 15 is 0 Å². The van der Waals surface area contributed by atoms with Crippen molar-refractivity contribution in [1.82, 2.24) is 4.57 Å². The van der Waals surface area contributed by atoms with Gasteiger partial charge in [-0.15, -0.1) is 0 Å². The number of carbonyl (C=O) groups is 1. The number of hydrogen-bond donors (Lipinski definition) is 1. The summed E-state index contributed by atoms with van der Waals surface area (Å²) in [6.45, 7) is 0.476. The third-order valence-electron chi connectivity index (χ3n) is 4.80. The first-order valence-corrected chi connectivity index (χ1v) is 11.8. The van der Waals surface area contributed by atoms with Crippen molar-refractivity contribution in [2.75, 3.05) is 11.1 Å². The zero-order chi connectivity index (χ0) is 22.0. The van der Waals surface area contributed by atoms with Crippen LogP contribution < -0.4 is 5.32 Å². The lowest BCUT2D eigenvalue weighted by atomic mass is 10.2. The molecule has 0 saturated carbocycles. The van der Waals surface area contributed by atoms with Gasteiger partial charge >= 0.3 is 0 Å². The van der Waals surface area contributed by atoms with Crippen molar-refractivity contribution < 1.29 is 13.2 Å². The van der Waals surface area contributed by atoms with Crippen molar-refractivity contribution in [2.24, 2.45) is 0 Å². The molecule has 0 aliphatic carbocycles. The van der Waals surface area contributed by atoms with Crippen LogP contribution in [0, 0.1) is 0 Å². The molecule has 0 spiro atoms. The first-order chi connectivity index (χ1) is 14.8. The van der Waals surface area contributed by atoms with E-state index < -0.39 is 21.5 Å². The van der Waals surface area contributed by atoms with Gasteiger partial charge in [-0.05, 0) is 48.0 Å². The summed E-state index contributed by atoms with van der Waals surface area (Å²) in [6, 6.07) is 21.1. The summed E-state index contributed by atoms with van der Waals surface area (Å²) in [5.41, 5.74) is 2.23. The Balaban J connectivity index is 1.62. The lowest BCUT2D eigenvalue weighted by molar-refractivity contribution is -0.113. The smallest absolute Gasteiger partial charge is 0.239 e. The van der Waals surface area contributed by atoms with E-state index in [4.69, 9.17) is 23.2 Å². The Hall–Kier alpha value is -2.80. The highest BCUT2D eigenvalue weighted by molar-refractivity contribution is 7.92. The van der Waals surface area contributed by atoms with E-state index in [9.17, 15) is 13.2 Å². The number of amides is 1. The number of nitrogens with zero attached hydrogens (tertiary/aromatic N) is 1. The maximum absolute atomic E-state index is 13.1. The van der Waals surface area contributed by atoms with E-state index in [2.05, 4.69) is 5.32 Å². The van der Waals surface area contributed by atoms with Crippen LogP contribution in [-0.4, -0.2) is 24.6 Å². The Labute approximate surface area is 190 Å². The quantitative estimate of drug-likeness (QED) is 0.407. The lowest BCUT2D eigenvalue weighted by Crippen LogP contribution is -2.22. The number of benzene rings is 3. The third-order valence-corrected chi connectivity index (χ3v) is 6.94. The number of fused-ring (bicyclic) bond motifs is 1. The molecule has 0 saturated heterocycles. The number of para-hydroxylation sites is 1. The van der Waals surface area contributed by atoms with E-state index in [0.717, 1.165) is 11.1 Å². The van der Waals surface area contributed by atoms with Gasteiger partial charge in [0.1, 0.15) is 5.75 Å². The van der Waals surface area contributed by atoms with Crippen molar-refractivity contribution in [1.29, 1.82) is 0 Å². The first kappa shape index (κ1) is 21.4. The van der Waals surface area contributed by atoms with Gasteiger partial charge in [0.15, 0.2) is 9.84 Å². The summed E-state index contributed by atoms with van der Waals surface area (Å²) in [5, 5.41) is 4.34. The number of anilines is 1. The second-order valence-corrected chi connectivity index (χ2v) is 9.91. The molecule has 0 unspecified atom stereocenters. The summed E-state index contributed by atoms with van der Waals surface area (Å²) in [6.07, 6.45) is 1.59. The molecule has 0 bridgehead atoms. The van der Waals surface area contributed by atoms with Crippen molar-refractivity contribution >= 4 is 55.5 Å². The van der Waals surface area contributed by atoms with Gasteiger partial charge in [-0.3, -0.25) is 4.79 Å². The molecular formula is C23H18Cl2N2O3S. The van der Waals surface area contributed by atoms with Crippen molar-refractivity contribution in [3.8, 4) is 0 Å². The van der Waals surface area contributed by atoms with Crippen LogP contribution in [0.4, 0.5) is 5.69 Å². The number of halogens is 2. The molecule has 1 heterocycles. The average molecular weight is 473 g/mol. The molecule has 5 nitrogen and oxygen atoms in total. The van der Waals surface area contributed by atoms with Crippen molar-refractivity contribution in [2.45, 2.75) is 11.4 Å². The Morgan fingerprint density at radius 3 is 2.16 bits per heavy atom. The minimum Gasteiger partial charge on any atom is -0.342 e. The van der Waals surface area contributed by atoms with E-state index in [1.54, 1.807) is 54.7 Å². The summed E-state index contributed by atoms with van der Waals surface area (Å²) < 4.78 is 28.1.